The summed E-state index contributed by atoms with van der Waals surface area (Å²) in [5, 5.41) is 0. The number of guanidine groups is 1. The number of benzene rings is 1. The number of anilines is 1. The summed E-state index contributed by atoms with van der Waals surface area (Å²) < 4.78 is 5.22. The van der Waals surface area contributed by atoms with Gasteiger partial charge in [0.1, 0.15) is 5.75 Å². The molecular weight excluding hydrogens is 316 g/mol. The number of rotatable bonds is 2. The maximum Gasteiger partial charge on any atom is 0.257 e. The van der Waals surface area contributed by atoms with Crippen molar-refractivity contribution in [1.29, 1.82) is 0 Å². The minimum Gasteiger partial charge on any atom is -0.497 e. The fourth-order valence-electron chi connectivity index (χ4n) is 3.82. The zero-order valence-corrected chi connectivity index (χ0v) is 14.6. The van der Waals surface area contributed by atoms with Crippen LogP contribution in [-0.4, -0.2) is 55.8 Å². The number of ether oxygens (including phenoxy) is 1. The Kier molecular flexibility index (Phi) is 4.42. The molecule has 6 nitrogen and oxygen atoms in total. The number of aliphatic imine (C=N–C) groups is 2. The zero-order valence-electron chi connectivity index (χ0n) is 14.6. The molecule has 25 heavy (non-hydrogen) atoms. The maximum absolute atomic E-state index is 12.3. The van der Waals surface area contributed by atoms with Crippen LogP contribution in [0.2, 0.25) is 0 Å². The van der Waals surface area contributed by atoms with E-state index in [1.54, 1.807) is 7.11 Å². The highest BCUT2D eigenvalue weighted by molar-refractivity contribution is 6.15. The third-order valence-corrected chi connectivity index (χ3v) is 5.33. The van der Waals surface area contributed by atoms with E-state index in [2.05, 4.69) is 26.9 Å². The van der Waals surface area contributed by atoms with E-state index < -0.39 is 0 Å². The van der Waals surface area contributed by atoms with Crippen molar-refractivity contribution >= 4 is 23.3 Å². The summed E-state index contributed by atoms with van der Waals surface area (Å²) in [5.74, 6) is 1.47. The van der Waals surface area contributed by atoms with Gasteiger partial charge in [0.2, 0.25) is 5.96 Å². The number of methoxy groups -OCH3 is 1. The van der Waals surface area contributed by atoms with Gasteiger partial charge in [-0.15, -0.1) is 0 Å². The van der Waals surface area contributed by atoms with Crippen molar-refractivity contribution in [3.8, 4) is 5.75 Å². The van der Waals surface area contributed by atoms with Crippen molar-refractivity contribution in [3.63, 3.8) is 0 Å². The van der Waals surface area contributed by atoms with E-state index in [1.807, 2.05) is 12.1 Å². The first-order chi connectivity index (χ1) is 12.2. The molecule has 6 heteroatoms. The molecule has 1 saturated carbocycles. The summed E-state index contributed by atoms with van der Waals surface area (Å²) in [5.41, 5.74) is 2.25. The predicted octanol–water partition coefficient (Wildman–Crippen LogP) is 2.34. The summed E-state index contributed by atoms with van der Waals surface area (Å²) in [6.07, 6.45) is 4.11. The lowest BCUT2D eigenvalue weighted by Gasteiger charge is -2.37. The first-order valence-electron chi connectivity index (χ1n) is 9.08. The average Bonchev–Trinajstić information content (AvgIpc) is 2.68. The Labute approximate surface area is 148 Å². The zero-order chi connectivity index (χ0) is 17.2. The van der Waals surface area contributed by atoms with Gasteiger partial charge in [0, 0.05) is 37.6 Å². The Morgan fingerprint density at radius 3 is 2.44 bits per heavy atom. The van der Waals surface area contributed by atoms with Crippen LogP contribution in [0.4, 0.5) is 5.69 Å². The van der Waals surface area contributed by atoms with E-state index in [-0.39, 0.29) is 11.8 Å². The van der Waals surface area contributed by atoms with Gasteiger partial charge in [0.15, 0.2) is 0 Å². The summed E-state index contributed by atoms with van der Waals surface area (Å²) in [4.78, 5) is 25.8. The van der Waals surface area contributed by atoms with Crippen LogP contribution in [-0.2, 0) is 4.79 Å². The molecule has 1 aromatic rings. The Hall–Kier alpha value is -2.37. The summed E-state index contributed by atoms with van der Waals surface area (Å²) in [6.45, 7) is 3.46. The van der Waals surface area contributed by atoms with Gasteiger partial charge in [0.25, 0.3) is 5.91 Å². The van der Waals surface area contributed by atoms with Gasteiger partial charge in [-0.25, -0.2) is 4.99 Å². The van der Waals surface area contributed by atoms with Gasteiger partial charge in [-0.2, -0.15) is 4.99 Å². The van der Waals surface area contributed by atoms with Crippen LogP contribution in [0.3, 0.4) is 0 Å². The van der Waals surface area contributed by atoms with Crippen LogP contribution in [0.25, 0.3) is 0 Å². The highest BCUT2D eigenvalue weighted by Gasteiger charge is 2.32. The number of hydrogen-bond acceptors (Lipinski definition) is 5. The van der Waals surface area contributed by atoms with E-state index in [9.17, 15) is 4.79 Å². The fraction of sp³-hybridized carbons (Fsp3) is 0.526. The highest BCUT2D eigenvalue weighted by Crippen LogP contribution is 2.27. The van der Waals surface area contributed by atoms with Gasteiger partial charge in [-0.05, 0) is 43.5 Å². The number of piperazine rings is 1. The average molecular weight is 340 g/mol. The van der Waals surface area contributed by atoms with Crippen LogP contribution in [0.5, 0.6) is 5.75 Å². The third-order valence-electron chi connectivity index (χ3n) is 5.33. The molecule has 0 radical (unpaired) electrons. The summed E-state index contributed by atoms with van der Waals surface area (Å²) in [6, 6.07) is 8.15. The molecule has 0 N–H and O–H groups in total. The van der Waals surface area contributed by atoms with Crippen molar-refractivity contribution in [3.05, 3.63) is 24.3 Å². The van der Waals surface area contributed by atoms with Crippen molar-refractivity contribution in [2.24, 2.45) is 15.9 Å². The summed E-state index contributed by atoms with van der Waals surface area (Å²) in [7, 11) is 1.68. The quantitative estimate of drug-likeness (QED) is 0.829. The van der Waals surface area contributed by atoms with E-state index in [0.717, 1.165) is 63.3 Å². The number of amides is 1. The lowest BCUT2D eigenvalue weighted by atomic mass is 9.86. The second kappa shape index (κ2) is 6.86. The van der Waals surface area contributed by atoms with Crippen LogP contribution in [0.15, 0.2) is 34.3 Å². The first kappa shape index (κ1) is 16.1. The van der Waals surface area contributed by atoms with E-state index in [4.69, 9.17) is 9.73 Å². The summed E-state index contributed by atoms with van der Waals surface area (Å²) >= 11 is 0. The molecule has 132 valence electrons. The largest absolute Gasteiger partial charge is 0.497 e. The molecule has 0 aromatic heterocycles. The highest BCUT2D eigenvalue weighted by atomic mass is 16.5. The molecule has 4 rings (SSSR count). The lowest BCUT2D eigenvalue weighted by Crippen LogP contribution is -2.50. The molecule has 1 saturated heterocycles. The molecule has 0 spiro atoms. The van der Waals surface area contributed by atoms with Crippen molar-refractivity contribution in [2.75, 3.05) is 38.2 Å². The monoisotopic (exact) mass is 340 g/mol. The third kappa shape index (κ3) is 3.25. The maximum atomic E-state index is 12.3. The molecule has 1 amide bonds. The number of fused-ring (bicyclic) bond motifs is 1. The van der Waals surface area contributed by atoms with Crippen molar-refractivity contribution < 1.29 is 9.53 Å². The molecule has 0 bridgehead atoms. The Bertz CT molecular complexity index is 703. The van der Waals surface area contributed by atoms with E-state index in [0.29, 0.717) is 5.96 Å². The van der Waals surface area contributed by atoms with Crippen LogP contribution >= 0.6 is 0 Å². The van der Waals surface area contributed by atoms with E-state index in [1.165, 1.54) is 5.69 Å². The van der Waals surface area contributed by atoms with Gasteiger partial charge in [-0.3, -0.25) is 4.79 Å². The van der Waals surface area contributed by atoms with Crippen LogP contribution < -0.4 is 9.64 Å². The van der Waals surface area contributed by atoms with E-state index >= 15 is 0 Å². The molecule has 1 atom stereocenters. The molecule has 1 aliphatic carbocycles. The molecule has 1 aromatic carbocycles. The molecule has 2 heterocycles. The number of carbonyl (C=O) groups is 1. The van der Waals surface area contributed by atoms with Gasteiger partial charge >= 0.3 is 0 Å². The van der Waals surface area contributed by atoms with Crippen LogP contribution in [0, 0.1) is 5.92 Å². The Balaban J connectivity index is 1.41. The molecule has 3 aliphatic rings. The number of nitrogens with zero attached hydrogens (tertiary/aromatic N) is 4. The van der Waals surface area contributed by atoms with Gasteiger partial charge in [0.05, 0.1) is 13.0 Å². The molecule has 2 fully saturated rings. The standard InChI is InChI=1S/C19H24N4O2/c1-25-15-8-6-14(7-9-15)22-10-12-23(13-11-22)19-20-17-5-3-2-4-16(17)18(24)21-19/h6-9,16H,2-5,10-13H2,1H3. The topological polar surface area (TPSA) is 57.5 Å². The Morgan fingerprint density at radius 1 is 1.00 bits per heavy atom. The number of carbonyl (C=O) groups excluding carboxylic acids is 1. The lowest BCUT2D eigenvalue weighted by molar-refractivity contribution is -0.120. The second-order valence-electron chi connectivity index (χ2n) is 6.82. The number of hydrogen-bond donors (Lipinski definition) is 0. The van der Waals surface area contributed by atoms with Gasteiger partial charge < -0.3 is 14.5 Å². The normalized spacial score (nSPS) is 23.7. The van der Waals surface area contributed by atoms with Crippen molar-refractivity contribution in [2.45, 2.75) is 25.7 Å². The molecule has 1 unspecified atom stereocenters. The smallest absolute Gasteiger partial charge is 0.257 e. The molecular formula is C19H24N4O2. The second-order valence-corrected chi connectivity index (χ2v) is 6.82. The molecule has 2 aliphatic heterocycles. The van der Waals surface area contributed by atoms with Gasteiger partial charge in [-0.1, -0.05) is 6.42 Å². The Morgan fingerprint density at radius 2 is 1.72 bits per heavy atom. The first-order valence-corrected chi connectivity index (χ1v) is 9.08. The fourth-order valence-corrected chi connectivity index (χ4v) is 3.82. The minimum atomic E-state index is -0.0434. The minimum absolute atomic E-state index is 0.0114. The SMILES string of the molecule is COc1ccc(N2CCN(C3=NC(=O)C4CCCCC4=N3)CC2)cc1. The predicted molar refractivity (Wildman–Crippen MR) is 98.6 cm³/mol. The van der Waals surface area contributed by atoms with Crippen LogP contribution in [0.1, 0.15) is 25.7 Å². The van der Waals surface area contributed by atoms with Crippen molar-refractivity contribution in [1.82, 2.24) is 4.90 Å².